The maximum atomic E-state index is 13.9. The number of hydrogen-bond donors (Lipinski definition) is 0. The first-order chi connectivity index (χ1) is 10.6. The van der Waals surface area contributed by atoms with E-state index >= 15 is 0 Å². The van der Waals surface area contributed by atoms with Crippen LogP contribution in [0.1, 0.15) is 13.3 Å². The molecule has 1 aromatic rings. The smallest absolute Gasteiger partial charge is 0.251 e. The van der Waals surface area contributed by atoms with E-state index in [4.69, 9.17) is 0 Å². The Morgan fingerprint density at radius 3 is 2.45 bits per heavy atom. The molecule has 6 heteroatoms. The van der Waals surface area contributed by atoms with Crippen LogP contribution in [-0.4, -0.2) is 60.4 Å². The third kappa shape index (κ3) is 2.64. The lowest BCUT2D eigenvalue weighted by Crippen LogP contribution is -2.52. The summed E-state index contributed by atoms with van der Waals surface area (Å²) in [6, 6.07) is 5.47. The third-order valence-corrected chi connectivity index (χ3v) is 4.51. The number of likely N-dealkylation sites (N-methyl/N-ethyl adjacent to an activating group) is 1. The Bertz CT molecular complexity index is 585. The molecule has 0 aliphatic carbocycles. The number of amides is 2. The number of carbonyl (C=O) groups is 2. The van der Waals surface area contributed by atoms with Gasteiger partial charge in [-0.1, -0.05) is 19.1 Å². The molecule has 0 saturated carbocycles. The van der Waals surface area contributed by atoms with Crippen LogP contribution >= 0.6 is 0 Å². The van der Waals surface area contributed by atoms with Crippen LogP contribution in [0.2, 0.25) is 0 Å². The van der Waals surface area contributed by atoms with Gasteiger partial charge in [-0.05, 0) is 18.7 Å². The highest BCUT2D eigenvalue weighted by atomic mass is 19.1. The van der Waals surface area contributed by atoms with Crippen molar-refractivity contribution in [3.05, 3.63) is 30.1 Å². The average molecular weight is 305 g/mol. The fourth-order valence-corrected chi connectivity index (χ4v) is 3.18. The van der Waals surface area contributed by atoms with Crippen molar-refractivity contribution in [1.82, 2.24) is 9.80 Å². The van der Waals surface area contributed by atoms with Gasteiger partial charge in [-0.2, -0.15) is 0 Å². The first-order valence-electron chi connectivity index (χ1n) is 7.69. The van der Waals surface area contributed by atoms with Crippen molar-refractivity contribution in [1.29, 1.82) is 0 Å². The molecule has 1 aromatic carbocycles. The number of nitrogens with zero attached hydrogens (tertiary/aromatic N) is 3. The maximum Gasteiger partial charge on any atom is 0.251 e. The van der Waals surface area contributed by atoms with E-state index in [0.29, 0.717) is 0 Å². The highest BCUT2D eigenvalue weighted by Crippen LogP contribution is 2.28. The van der Waals surface area contributed by atoms with Crippen molar-refractivity contribution < 1.29 is 14.0 Å². The Labute approximate surface area is 129 Å². The zero-order valence-corrected chi connectivity index (χ0v) is 12.7. The first kappa shape index (κ1) is 15.1. The molecule has 2 aliphatic heterocycles. The summed E-state index contributed by atoms with van der Waals surface area (Å²) in [7, 11) is 0. The molecule has 0 unspecified atom stereocenters. The van der Waals surface area contributed by atoms with E-state index in [9.17, 15) is 14.0 Å². The highest BCUT2D eigenvalue weighted by Gasteiger charge is 2.43. The van der Waals surface area contributed by atoms with Gasteiger partial charge in [-0.25, -0.2) is 9.29 Å². The average Bonchev–Trinajstić information content (AvgIpc) is 2.83. The normalized spacial score (nSPS) is 24.3. The number of para-hydroxylation sites is 1. The summed E-state index contributed by atoms with van der Waals surface area (Å²) in [6.45, 7) is 6.43. The highest BCUT2D eigenvalue weighted by molar-refractivity contribution is 6.22. The van der Waals surface area contributed by atoms with Gasteiger partial charge in [-0.3, -0.25) is 14.5 Å². The van der Waals surface area contributed by atoms with E-state index < -0.39 is 11.9 Å². The molecule has 0 radical (unpaired) electrons. The quantitative estimate of drug-likeness (QED) is 0.784. The number of anilines is 1. The topological polar surface area (TPSA) is 43.9 Å². The SMILES string of the molecule is CCN1CCN([C@@H]2CC(=O)N(c3ccccc3F)C2=O)CC1. The van der Waals surface area contributed by atoms with E-state index in [-0.39, 0.29) is 23.9 Å². The second-order valence-corrected chi connectivity index (χ2v) is 5.71. The molecule has 3 rings (SSSR count). The summed E-state index contributed by atoms with van der Waals surface area (Å²) < 4.78 is 13.9. The largest absolute Gasteiger partial charge is 0.301 e. The second-order valence-electron chi connectivity index (χ2n) is 5.71. The molecule has 5 nitrogen and oxygen atoms in total. The number of rotatable bonds is 3. The van der Waals surface area contributed by atoms with Crippen LogP contribution in [-0.2, 0) is 9.59 Å². The summed E-state index contributed by atoms with van der Waals surface area (Å²) >= 11 is 0. The molecule has 0 bridgehead atoms. The molecule has 2 heterocycles. The van der Waals surface area contributed by atoms with Crippen LogP contribution in [0.15, 0.2) is 24.3 Å². The molecular formula is C16H20FN3O2. The van der Waals surface area contributed by atoms with Crippen molar-refractivity contribution in [3.63, 3.8) is 0 Å². The number of piperazine rings is 1. The van der Waals surface area contributed by atoms with Crippen molar-refractivity contribution in [3.8, 4) is 0 Å². The Hall–Kier alpha value is -1.79. The van der Waals surface area contributed by atoms with Gasteiger partial charge >= 0.3 is 0 Å². The Balaban J connectivity index is 1.76. The Morgan fingerprint density at radius 2 is 1.82 bits per heavy atom. The maximum absolute atomic E-state index is 13.9. The van der Waals surface area contributed by atoms with Crippen molar-refractivity contribution in [2.45, 2.75) is 19.4 Å². The molecule has 118 valence electrons. The lowest BCUT2D eigenvalue weighted by Gasteiger charge is -2.36. The predicted molar refractivity (Wildman–Crippen MR) is 81.0 cm³/mol. The molecule has 2 amide bonds. The summed E-state index contributed by atoms with van der Waals surface area (Å²) in [5, 5.41) is 0. The lowest BCUT2D eigenvalue weighted by molar-refractivity contribution is -0.123. The fraction of sp³-hybridized carbons (Fsp3) is 0.500. The number of carbonyl (C=O) groups excluding carboxylic acids is 2. The molecule has 0 aromatic heterocycles. The van der Waals surface area contributed by atoms with Crippen molar-refractivity contribution >= 4 is 17.5 Å². The summed E-state index contributed by atoms with van der Waals surface area (Å²) in [4.78, 5) is 30.2. The molecule has 2 saturated heterocycles. The molecule has 2 fully saturated rings. The predicted octanol–water partition coefficient (Wildman–Crippen LogP) is 1.10. The summed E-state index contributed by atoms with van der Waals surface area (Å²) in [5.74, 6) is -1.17. The van der Waals surface area contributed by atoms with Crippen LogP contribution in [0, 0.1) is 5.82 Å². The van der Waals surface area contributed by atoms with Gasteiger partial charge in [0, 0.05) is 26.2 Å². The fourth-order valence-electron chi connectivity index (χ4n) is 3.18. The minimum absolute atomic E-state index is 0.0622. The zero-order chi connectivity index (χ0) is 15.7. The van der Waals surface area contributed by atoms with Gasteiger partial charge in [0.05, 0.1) is 18.2 Å². The minimum Gasteiger partial charge on any atom is -0.301 e. The molecule has 0 N–H and O–H groups in total. The minimum atomic E-state index is -0.541. The number of halogens is 1. The number of hydrogen-bond acceptors (Lipinski definition) is 4. The molecular weight excluding hydrogens is 285 g/mol. The standard InChI is InChI=1S/C16H20FN3O2/c1-2-18-7-9-19(10-8-18)14-11-15(21)20(16(14)22)13-6-4-3-5-12(13)17/h3-6,14H,2,7-11H2,1H3/t14-/m1/s1. The third-order valence-electron chi connectivity index (χ3n) is 4.51. The van der Waals surface area contributed by atoms with Gasteiger partial charge in [0.1, 0.15) is 5.82 Å². The molecule has 1 atom stereocenters. The number of benzene rings is 1. The molecule has 0 spiro atoms. The van der Waals surface area contributed by atoms with Crippen LogP contribution in [0.3, 0.4) is 0 Å². The van der Waals surface area contributed by atoms with Crippen LogP contribution in [0.4, 0.5) is 10.1 Å². The van der Waals surface area contributed by atoms with Gasteiger partial charge in [-0.15, -0.1) is 0 Å². The van der Waals surface area contributed by atoms with Crippen LogP contribution < -0.4 is 4.90 Å². The van der Waals surface area contributed by atoms with Crippen molar-refractivity contribution in [2.75, 3.05) is 37.6 Å². The van der Waals surface area contributed by atoms with Crippen LogP contribution in [0.5, 0.6) is 0 Å². The van der Waals surface area contributed by atoms with Crippen LogP contribution in [0.25, 0.3) is 0 Å². The molecule has 2 aliphatic rings. The van der Waals surface area contributed by atoms with E-state index in [1.165, 1.54) is 12.1 Å². The van der Waals surface area contributed by atoms with E-state index in [1.54, 1.807) is 12.1 Å². The number of imide groups is 1. The van der Waals surface area contributed by atoms with E-state index in [1.807, 2.05) is 4.90 Å². The summed E-state index contributed by atoms with van der Waals surface area (Å²) in [6.07, 6.45) is 0.138. The van der Waals surface area contributed by atoms with E-state index in [2.05, 4.69) is 11.8 Å². The van der Waals surface area contributed by atoms with Gasteiger partial charge < -0.3 is 4.90 Å². The first-order valence-corrected chi connectivity index (χ1v) is 7.69. The zero-order valence-electron chi connectivity index (χ0n) is 12.7. The summed E-state index contributed by atoms with van der Waals surface area (Å²) in [5.41, 5.74) is 0.0622. The van der Waals surface area contributed by atoms with Gasteiger partial charge in [0.15, 0.2) is 0 Å². The van der Waals surface area contributed by atoms with E-state index in [0.717, 1.165) is 37.6 Å². The van der Waals surface area contributed by atoms with Gasteiger partial charge in [0.25, 0.3) is 5.91 Å². The Kier molecular flexibility index (Phi) is 4.22. The van der Waals surface area contributed by atoms with Gasteiger partial charge in [0.2, 0.25) is 5.91 Å². The van der Waals surface area contributed by atoms with Crippen molar-refractivity contribution in [2.24, 2.45) is 0 Å². The molecule has 22 heavy (non-hydrogen) atoms. The lowest BCUT2D eigenvalue weighted by atomic mass is 10.1. The second kappa shape index (κ2) is 6.14. The monoisotopic (exact) mass is 305 g/mol. The Morgan fingerprint density at radius 1 is 1.14 bits per heavy atom.